The molecule has 0 saturated heterocycles. The molecule has 3 nitrogen and oxygen atoms in total. The number of halogens is 1. The van der Waals surface area contributed by atoms with Crippen molar-refractivity contribution in [3.8, 4) is 0 Å². The molecular formula is C12H15IN2O. The smallest absolute Gasteiger partial charge is 0.227 e. The Morgan fingerprint density at radius 2 is 2.12 bits per heavy atom. The number of nitrogens with two attached hydrogens (primary N) is 1. The average molecular weight is 330 g/mol. The van der Waals surface area contributed by atoms with Crippen molar-refractivity contribution in [3.05, 3.63) is 27.8 Å². The largest absolute Gasteiger partial charge is 0.328 e. The fourth-order valence-corrected chi connectivity index (χ4v) is 2.57. The zero-order chi connectivity index (χ0) is 11.5. The molecule has 4 heteroatoms. The summed E-state index contributed by atoms with van der Waals surface area (Å²) in [5, 5.41) is 2.97. The van der Waals surface area contributed by atoms with Crippen molar-refractivity contribution in [2.45, 2.75) is 25.3 Å². The second-order valence-electron chi connectivity index (χ2n) is 4.24. The highest BCUT2D eigenvalue weighted by molar-refractivity contribution is 14.1. The number of hydrogen-bond donors (Lipinski definition) is 2. The summed E-state index contributed by atoms with van der Waals surface area (Å²) in [5.74, 6) is 0.197. The summed E-state index contributed by atoms with van der Waals surface area (Å²) in [4.78, 5) is 11.9. The van der Waals surface area contributed by atoms with Gasteiger partial charge in [0.05, 0.1) is 5.69 Å². The van der Waals surface area contributed by atoms with E-state index in [0.29, 0.717) is 0 Å². The van der Waals surface area contributed by atoms with E-state index in [4.69, 9.17) is 5.73 Å². The molecule has 16 heavy (non-hydrogen) atoms. The van der Waals surface area contributed by atoms with Crippen LogP contribution in [0.1, 0.15) is 19.3 Å². The van der Waals surface area contributed by atoms with Crippen LogP contribution in [-0.4, -0.2) is 11.9 Å². The van der Waals surface area contributed by atoms with E-state index < -0.39 is 0 Å². The standard InChI is InChI=1S/C12H15IN2O/c13-10-3-1-2-4-11(10)15-12(16)8-5-6-9(14)7-8/h1-4,8-9H,5-7,14H2,(H,15,16). The van der Waals surface area contributed by atoms with E-state index >= 15 is 0 Å². The van der Waals surface area contributed by atoms with Crippen LogP contribution in [0.2, 0.25) is 0 Å². The molecule has 0 aromatic heterocycles. The predicted octanol–water partition coefficient (Wildman–Crippen LogP) is 2.36. The van der Waals surface area contributed by atoms with Gasteiger partial charge < -0.3 is 11.1 Å². The Morgan fingerprint density at radius 3 is 2.75 bits per heavy atom. The molecule has 3 N–H and O–H groups in total. The van der Waals surface area contributed by atoms with E-state index in [1.807, 2.05) is 24.3 Å². The second kappa shape index (κ2) is 5.14. The van der Waals surface area contributed by atoms with Gasteiger partial charge in [-0.2, -0.15) is 0 Å². The van der Waals surface area contributed by atoms with Crippen LogP contribution in [0.3, 0.4) is 0 Å². The molecule has 1 aliphatic rings. The highest BCUT2D eigenvalue weighted by Crippen LogP contribution is 2.26. The van der Waals surface area contributed by atoms with Crippen LogP contribution in [-0.2, 0) is 4.79 Å². The Kier molecular flexibility index (Phi) is 3.81. The van der Waals surface area contributed by atoms with Gasteiger partial charge in [0.25, 0.3) is 0 Å². The van der Waals surface area contributed by atoms with E-state index in [0.717, 1.165) is 28.5 Å². The fraction of sp³-hybridized carbons (Fsp3) is 0.417. The molecule has 1 aliphatic carbocycles. The highest BCUT2D eigenvalue weighted by Gasteiger charge is 2.27. The molecule has 2 atom stereocenters. The minimum absolute atomic E-state index is 0.0889. The normalized spacial score (nSPS) is 24.4. The lowest BCUT2D eigenvalue weighted by Gasteiger charge is -2.11. The zero-order valence-electron chi connectivity index (χ0n) is 8.95. The number of rotatable bonds is 2. The first kappa shape index (κ1) is 11.9. The number of amides is 1. The van der Waals surface area contributed by atoms with Gasteiger partial charge in [-0.25, -0.2) is 0 Å². The van der Waals surface area contributed by atoms with E-state index in [1.165, 1.54) is 0 Å². The SMILES string of the molecule is NC1CCC(C(=O)Nc2ccccc2I)C1. The number of anilines is 1. The molecule has 86 valence electrons. The first-order valence-electron chi connectivity index (χ1n) is 5.48. The fourth-order valence-electron chi connectivity index (χ4n) is 2.05. The van der Waals surface area contributed by atoms with Crippen molar-refractivity contribution in [1.82, 2.24) is 0 Å². The third-order valence-corrected chi connectivity index (χ3v) is 3.92. The number of nitrogens with one attached hydrogen (secondary N) is 1. The molecular weight excluding hydrogens is 315 g/mol. The van der Waals surface area contributed by atoms with Crippen molar-refractivity contribution in [2.24, 2.45) is 11.7 Å². The third kappa shape index (κ3) is 2.74. The number of para-hydroxylation sites is 1. The van der Waals surface area contributed by atoms with Crippen LogP contribution < -0.4 is 11.1 Å². The molecule has 1 aromatic carbocycles. The molecule has 0 heterocycles. The Bertz CT molecular complexity index is 394. The summed E-state index contributed by atoms with van der Waals surface area (Å²) in [6, 6.07) is 8.00. The number of hydrogen-bond acceptors (Lipinski definition) is 2. The molecule has 1 aromatic rings. The maximum atomic E-state index is 11.9. The lowest BCUT2D eigenvalue weighted by atomic mass is 10.1. The van der Waals surface area contributed by atoms with Gasteiger partial charge in [-0.1, -0.05) is 12.1 Å². The monoisotopic (exact) mass is 330 g/mol. The van der Waals surface area contributed by atoms with E-state index in [9.17, 15) is 4.79 Å². The topological polar surface area (TPSA) is 55.1 Å². The lowest BCUT2D eigenvalue weighted by molar-refractivity contribution is -0.119. The van der Waals surface area contributed by atoms with Crippen LogP contribution in [0, 0.1) is 9.49 Å². The summed E-state index contributed by atoms with van der Waals surface area (Å²) in [6.07, 6.45) is 2.69. The van der Waals surface area contributed by atoms with Gasteiger partial charge in [-0.05, 0) is 54.0 Å². The molecule has 0 radical (unpaired) electrons. The maximum absolute atomic E-state index is 11.9. The van der Waals surface area contributed by atoms with E-state index in [-0.39, 0.29) is 17.9 Å². The summed E-state index contributed by atoms with van der Waals surface area (Å²) in [5.41, 5.74) is 6.70. The van der Waals surface area contributed by atoms with Crippen molar-refractivity contribution in [3.63, 3.8) is 0 Å². The summed E-state index contributed by atoms with van der Waals surface area (Å²) >= 11 is 2.22. The highest BCUT2D eigenvalue weighted by atomic mass is 127. The van der Waals surface area contributed by atoms with Gasteiger partial charge >= 0.3 is 0 Å². The molecule has 1 saturated carbocycles. The molecule has 1 fully saturated rings. The van der Waals surface area contributed by atoms with Crippen LogP contribution in [0.4, 0.5) is 5.69 Å². The van der Waals surface area contributed by atoms with Gasteiger partial charge in [0.1, 0.15) is 0 Å². The third-order valence-electron chi connectivity index (χ3n) is 2.98. The van der Waals surface area contributed by atoms with Gasteiger partial charge in [0.15, 0.2) is 0 Å². The van der Waals surface area contributed by atoms with Gasteiger partial charge in [0.2, 0.25) is 5.91 Å². The second-order valence-corrected chi connectivity index (χ2v) is 5.40. The van der Waals surface area contributed by atoms with Crippen LogP contribution in [0.15, 0.2) is 24.3 Å². The molecule has 0 spiro atoms. The lowest BCUT2D eigenvalue weighted by Crippen LogP contribution is -2.23. The van der Waals surface area contributed by atoms with Gasteiger partial charge in [0, 0.05) is 15.5 Å². The maximum Gasteiger partial charge on any atom is 0.227 e. The van der Waals surface area contributed by atoms with E-state index in [2.05, 4.69) is 27.9 Å². The Balaban J connectivity index is 2.00. The van der Waals surface area contributed by atoms with Crippen LogP contribution >= 0.6 is 22.6 Å². The Labute approximate surface area is 109 Å². The first-order valence-corrected chi connectivity index (χ1v) is 6.55. The molecule has 0 aliphatic heterocycles. The summed E-state index contributed by atoms with van der Waals surface area (Å²) in [6.45, 7) is 0. The molecule has 2 rings (SSSR count). The minimum Gasteiger partial charge on any atom is -0.328 e. The molecule has 2 unspecified atom stereocenters. The molecule has 0 bridgehead atoms. The summed E-state index contributed by atoms with van der Waals surface area (Å²) < 4.78 is 1.07. The predicted molar refractivity (Wildman–Crippen MR) is 73.1 cm³/mol. The Hall–Kier alpha value is -0.620. The number of carbonyl (C=O) groups is 1. The first-order chi connectivity index (χ1) is 7.66. The van der Waals surface area contributed by atoms with Crippen LogP contribution in [0.5, 0.6) is 0 Å². The quantitative estimate of drug-likeness (QED) is 0.818. The minimum atomic E-state index is 0.0889. The number of benzene rings is 1. The Morgan fingerprint density at radius 1 is 1.38 bits per heavy atom. The van der Waals surface area contributed by atoms with Crippen molar-refractivity contribution in [2.75, 3.05) is 5.32 Å². The van der Waals surface area contributed by atoms with Gasteiger partial charge in [-0.3, -0.25) is 4.79 Å². The van der Waals surface area contributed by atoms with Gasteiger partial charge in [-0.15, -0.1) is 0 Å². The number of carbonyl (C=O) groups excluding carboxylic acids is 1. The van der Waals surface area contributed by atoms with Crippen molar-refractivity contribution in [1.29, 1.82) is 0 Å². The summed E-state index contributed by atoms with van der Waals surface area (Å²) in [7, 11) is 0. The molecule has 1 amide bonds. The zero-order valence-corrected chi connectivity index (χ0v) is 11.1. The van der Waals surface area contributed by atoms with E-state index in [1.54, 1.807) is 0 Å². The van der Waals surface area contributed by atoms with Crippen LogP contribution in [0.25, 0.3) is 0 Å². The van der Waals surface area contributed by atoms with Crippen molar-refractivity contribution < 1.29 is 4.79 Å². The average Bonchev–Trinajstić information content (AvgIpc) is 2.68. The van der Waals surface area contributed by atoms with Crippen molar-refractivity contribution >= 4 is 34.2 Å².